The van der Waals surface area contributed by atoms with Gasteiger partial charge in [-0.2, -0.15) is 13.2 Å². The molecular formula is C27H38F3N5O8. The predicted octanol–water partition coefficient (Wildman–Crippen LogP) is 0.922. The Bertz CT molecular complexity index is 1100. The number of ether oxygens (including phenoxy) is 1. The lowest BCUT2D eigenvalue weighted by Crippen LogP contribution is -2.54. The van der Waals surface area contributed by atoms with Crippen LogP contribution in [0, 0.1) is 0 Å². The molecule has 16 heteroatoms. The molecule has 0 unspecified atom stereocenters. The molecule has 0 aromatic heterocycles. The normalized spacial score (nSPS) is 13.0. The number of aliphatic carboxylic acids is 1. The summed E-state index contributed by atoms with van der Waals surface area (Å²) >= 11 is 0. The summed E-state index contributed by atoms with van der Waals surface area (Å²) in [6, 6.07) is 5.92. The number of rotatable bonds is 16. The van der Waals surface area contributed by atoms with Crippen molar-refractivity contribution in [2.75, 3.05) is 13.2 Å². The highest BCUT2D eigenvalue weighted by molar-refractivity contribution is 5.98. The molecule has 13 nitrogen and oxygen atoms in total. The van der Waals surface area contributed by atoms with Gasteiger partial charge in [-0.15, -0.1) is 0 Å². The van der Waals surface area contributed by atoms with E-state index in [9.17, 15) is 37.1 Å². The zero-order chi connectivity index (χ0) is 33.0. The lowest BCUT2D eigenvalue weighted by Gasteiger charge is -2.23. The number of esters is 1. The summed E-state index contributed by atoms with van der Waals surface area (Å²) < 4.78 is 36.6. The van der Waals surface area contributed by atoms with E-state index in [4.69, 9.17) is 26.1 Å². The second kappa shape index (κ2) is 20.4. The smallest absolute Gasteiger partial charge is 0.475 e. The van der Waals surface area contributed by atoms with Crippen molar-refractivity contribution in [3.8, 4) is 0 Å². The molecular weight excluding hydrogens is 579 g/mol. The molecule has 4 amide bonds. The summed E-state index contributed by atoms with van der Waals surface area (Å²) in [7, 11) is 0. The number of carboxylic acids is 1. The van der Waals surface area contributed by atoms with E-state index >= 15 is 0 Å². The summed E-state index contributed by atoms with van der Waals surface area (Å²) in [5.74, 6) is -5.38. The van der Waals surface area contributed by atoms with Gasteiger partial charge in [0.2, 0.25) is 17.7 Å². The SMILES string of the molecule is CCOC(=O)/C=C/[C@H](CCC(N)=O)NC(=O)[C@H](CCCCN)NC(=O)[C@H](C)NC(=O)c1ccccc1.O=C(O)C(F)(F)F. The molecule has 0 aliphatic carbocycles. The predicted molar refractivity (Wildman–Crippen MR) is 148 cm³/mol. The summed E-state index contributed by atoms with van der Waals surface area (Å²) in [5.41, 5.74) is 11.2. The number of unbranched alkanes of at least 4 members (excludes halogenated alkanes) is 1. The molecule has 0 radical (unpaired) electrons. The molecule has 3 atom stereocenters. The molecule has 0 spiro atoms. The number of hydrogen-bond donors (Lipinski definition) is 6. The molecule has 0 heterocycles. The molecule has 0 aliphatic heterocycles. The number of carboxylic acid groups (broad SMARTS) is 1. The minimum absolute atomic E-state index is 0.0230. The van der Waals surface area contributed by atoms with Crippen molar-refractivity contribution in [2.45, 2.75) is 70.3 Å². The lowest BCUT2D eigenvalue weighted by molar-refractivity contribution is -0.192. The second-order valence-corrected chi connectivity index (χ2v) is 8.94. The van der Waals surface area contributed by atoms with Crippen molar-refractivity contribution in [1.82, 2.24) is 16.0 Å². The van der Waals surface area contributed by atoms with Crippen molar-refractivity contribution in [3.05, 3.63) is 48.0 Å². The molecule has 0 fully saturated rings. The molecule has 0 aliphatic rings. The molecule has 0 saturated heterocycles. The molecule has 43 heavy (non-hydrogen) atoms. The van der Waals surface area contributed by atoms with Gasteiger partial charge in [-0.25, -0.2) is 9.59 Å². The van der Waals surface area contributed by atoms with Crippen molar-refractivity contribution in [1.29, 1.82) is 0 Å². The van der Waals surface area contributed by atoms with E-state index in [1.807, 2.05) is 0 Å². The van der Waals surface area contributed by atoms with Gasteiger partial charge in [-0.3, -0.25) is 19.2 Å². The third-order valence-electron chi connectivity index (χ3n) is 5.38. The quantitative estimate of drug-likeness (QED) is 0.0881. The number of amides is 4. The monoisotopic (exact) mass is 617 g/mol. The first-order valence-corrected chi connectivity index (χ1v) is 13.2. The Kier molecular flexibility index (Phi) is 18.3. The molecule has 240 valence electrons. The van der Waals surface area contributed by atoms with Crippen LogP contribution in [0.1, 0.15) is 56.3 Å². The maximum atomic E-state index is 13.1. The highest BCUT2D eigenvalue weighted by atomic mass is 19.4. The van der Waals surface area contributed by atoms with Crippen molar-refractivity contribution < 1.29 is 51.8 Å². The van der Waals surface area contributed by atoms with E-state index in [2.05, 4.69) is 16.0 Å². The maximum absolute atomic E-state index is 13.1. The fourth-order valence-corrected chi connectivity index (χ4v) is 3.18. The van der Waals surface area contributed by atoms with Crippen LogP contribution in [0.3, 0.4) is 0 Å². The Morgan fingerprint density at radius 1 is 0.977 bits per heavy atom. The van der Waals surface area contributed by atoms with Crippen LogP contribution in [0.15, 0.2) is 42.5 Å². The molecule has 8 N–H and O–H groups in total. The number of primary amides is 1. The van der Waals surface area contributed by atoms with Crippen LogP contribution in [0.5, 0.6) is 0 Å². The highest BCUT2D eigenvalue weighted by Crippen LogP contribution is 2.13. The largest absolute Gasteiger partial charge is 0.490 e. The third kappa shape index (κ3) is 17.8. The Hall–Kier alpha value is -4.47. The van der Waals surface area contributed by atoms with E-state index in [0.29, 0.717) is 31.4 Å². The van der Waals surface area contributed by atoms with Gasteiger partial charge in [0.15, 0.2) is 0 Å². The van der Waals surface area contributed by atoms with Crippen LogP contribution >= 0.6 is 0 Å². The number of hydrogen-bond acceptors (Lipinski definition) is 8. The fourth-order valence-electron chi connectivity index (χ4n) is 3.18. The Morgan fingerprint density at radius 2 is 1.58 bits per heavy atom. The van der Waals surface area contributed by atoms with Crippen molar-refractivity contribution in [2.24, 2.45) is 11.5 Å². The minimum atomic E-state index is -5.08. The number of alkyl halides is 3. The van der Waals surface area contributed by atoms with Gasteiger partial charge in [-0.05, 0) is 58.2 Å². The van der Waals surface area contributed by atoms with E-state index < -0.39 is 59.9 Å². The fraction of sp³-hybridized carbons (Fsp3) is 0.481. The second-order valence-electron chi connectivity index (χ2n) is 8.94. The summed E-state index contributed by atoms with van der Waals surface area (Å²) in [5, 5.41) is 15.1. The first-order valence-electron chi connectivity index (χ1n) is 13.2. The van der Waals surface area contributed by atoms with E-state index in [1.165, 1.54) is 19.1 Å². The number of nitrogens with one attached hydrogen (secondary N) is 3. The van der Waals surface area contributed by atoms with E-state index in [1.54, 1.807) is 37.3 Å². The van der Waals surface area contributed by atoms with Crippen molar-refractivity contribution >= 4 is 35.6 Å². The van der Waals surface area contributed by atoms with E-state index in [-0.39, 0.29) is 19.4 Å². The Balaban J connectivity index is 0.00000223. The zero-order valence-electron chi connectivity index (χ0n) is 23.8. The first-order chi connectivity index (χ1) is 20.1. The van der Waals surface area contributed by atoms with Crippen molar-refractivity contribution in [3.63, 3.8) is 0 Å². The van der Waals surface area contributed by atoms with Gasteiger partial charge in [0, 0.05) is 24.1 Å². The van der Waals surface area contributed by atoms with E-state index in [0.717, 1.165) is 0 Å². The molecule has 1 aromatic carbocycles. The highest BCUT2D eigenvalue weighted by Gasteiger charge is 2.38. The van der Waals surface area contributed by atoms with Crippen LogP contribution in [0.25, 0.3) is 0 Å². The molecule has 1 aromatic rings. The minimum Gasteiger partial charge on any atom is -0.475 e. The maximum Gasteiger partial charge on any atom is 0.490 e. The molecule has 0 bridgehead atoms. The van der Waals surface area contributed by atoms with Gasteiger partial charge >= 0.3 is 18.1 Å². The molecule has 0 saturated carbocycles. The summed E-state index contributed by atoms with van der Waals surface area (Å²) in [6.45, 7) is 3.80. The van der Waals surface area contributed by atoms with Gasteiger partial charge in [-0.1, -0.05) is 24.3 Å². The zero-order valence-corrected chi connectivity index (χ0v) is 23.8. The first kappa shape index (κ1) is 38.5. The average molecular weight is 618 g/mol. The van der Waals surface area contributed by atoms with Crippen LogP contribution in [0.4, 0.5) is 13.2 Å². The van der Waals surface area contributed by atoms with Gasteiger partial charge in [0.1, 0.15) is 12.1 Å². The summed E-state index contributed by atoms with van der Waals surface area (Å²) in [6.07, 6.45) is -0.843. The van der Waals surface area contributed by atoms with Crippen LogP contribution in [-0.2, 0) is 28.7 Å². The average Bonchev–Trinajstić information content (AvgIpc) is 2.94. The van der Waals surface area contributed by atoms with Gasteiger partial charge in [0.25, 0.3) is 5.91 Å². The number of nitrogens with two attached hydrogens (primary N) is 2. The standard InChI is InChI=1S/C25H37N5O6.C2HF3O2/c1-3-36-22(32)15-13-19(12-14-21(27)31)29-25(35)20(11-7-8-16-26)30-23(33)17(2)28-24(34)18-9-5-4-6-10-18;3-2(4,5)1(6)7/h4-6,9-10,13,15,17,19-20H,3,7-8,11-12,14,16,26H2,1-2H3,(H2,27,31)(H,28,34)(H,29,35)(H,30,33);(H,6,7)/b15-13+;/t17-,19-,20-;/m0./s1. The van der Waals surface area contributed by atoms with Gasteiger partial charge in [0.05, 0.1) is 6.61 Å². The Labute approximate surface area is 246 Å². The summed E-state index contributed by atoms with van der Waals surface area (Å²) in [4.78, 5) is 70.0. The Morgan fingerprint density at radius 3 is 2.09 bits per heavy atom. The van der Waals surface area contributed by atoms with Crippen LogP contribution in [0.2, 0.25) is 0 Å². The third-order valence-corrected chi connectivity index (χ3v) is 5.38. The number of halogens is 3. The number of benzene rings is 1. The lowest BCUT2D eigenvalue weighted by atomic mass is 10.1. The molecule has 1 rings (SSSR count). The number of carbonyl (C=O) groups excluding carboxylic acids is 5. The number of carbonyl (C=O) groups is 6. The van der Waals surface area contributed by atoms with Crippen LogP contribution < -0.4 is 27.4 Å². The van der Waals surface area contributed by atoms with Crippen LogP contribution in [-0.4, -0.2) is 78.1 Å². The van der Waals surface area contributed by atoms with Gasteiger partial charge < -0.3 is 37.3 Å². The topological polar surface area (TPSA) is 220 Å².